The van der Waals surface area contributed by atoms with E-state index in [1.54, 1.807) is 0 Å². The Kier molecular flexibility index (Phi) is 3.50. The fraction of sp³-hybridized carbons (Fsp3) is 0. The molecule has 0 aliphatic carbocycles. The molecular formula is C7H3Cl3O4S. The van der Waals surface area contributed by atoms with Crippen LogP contribution in [-0.2, 0) is 9.05 Å². The highest BCUT2D eigenvalue weighted by Crippen LogP contribution is 2.30. The Morgan fingerprint density at radius 3 is 2.20 bits per heavy atom. The highest BCUT2D eigenvalue weighted by Gasteiger charge is 2.24. The number of carboxylic acid groups (broad SMARTS) is 1. The SMILES string of the molecule is O=C(O)c1c(Cl)cc(Cl)cc1S(=O)(=O)Cl. The van der Waals surface area contributed by atoms with Gasteiger partial charge in [0, 0.05) is 15.7 Å². The van der Waals surface area contributed by atoms with E-state index in [0.717, 1.165) is 12.1 Å². The zero-order valence-electron chi connectivity index (χ0n) is 6.87. The number of rotatable bonds is 2. The van der Waals surface area contributed by atoms with Crippen LogP contribution in [0.4, 0.5) is 0 Å². The molecule has 0 aromatic heterocycles. The maximum absolute atomic E-state index is 11.0. The van der Waals surface area contributed by atoms with E-state index in [2.05, 4.69) is 0 Å². The summed E-state index contributed by atoms with van der Waals surface area (Å²) in [5.74, 6) is -1.49. The monoisotopic (exact) mass is 288 g/mol. The van der Waals surface area contributed by atoms with Crippen molar-refractivity contribution in [3.63, 3.8) is 0 Å². The molecule has 15 heavy (non-hydrogen) atoms. The predicted octanol–water partition coefficient (Wildman–Crippen LogP) is 2.62. The summed E-state index contributed by atoms with van der Waals surface area (Å²) in [6, 6.07) is 2.05. The summed E-state index contributed by atoms with van der Waals surface area (Å²) in [6.45, 7) is 0. The molecule has 1 aromatic rings. The molecule has 1 rings (SSSR count). The first-order valence-electron chi connectivity index (χ1n) is 3.40. The van der Waals surface area contributed by atoms with Crippen LogP contribution in [0.25, 0.3) is 0 Å². The summed E-state index contributed by atoms with van der Waals surface area (Å²) in [6.07, 6.45) is 0. The number of hydrogen-bond donors (Lipinski definition) is 1. The largest absolute Gasteiger partial charge is 0.478 e. The lowest BCUT2D eigenvalue weighted by Crippen LogP contribution is -2.05. The fourth-order valence-corrected chi connectivity index (χ4v) is 2.72. The van der Waals surface area contributed by atoms with Gasteiger partial charge in [-0.2, -0.15) is 0 Å². The van der Waals surface area contributed by atoms with Crippen LogP contribution >= 0.6 is 33.9 Å². The lowest BCUT2D eigenvalue weighted by atomic mass is 10.2. The smallest absolute Gasteiger partial charge is 0.338 e. The standard InChI is InChI=1S/C7H3Cl3O4S/c8-3-1-4(9)6(7(11)12)5(2-3)15(10,13)14/h1-2H,(H,11,12). The first-order valence-corrected chi connectivity index (χ1v) is 6.47. The molecular weight excluding hydrogens is 286 g/mol. The van der Waals surface area contributed by atoms with Crippen LogP contribution in [-0.4, -0.2) is 19.5 Å². The van der Waals surface area contributed by atoms with E-state index in [1.165, 1.54) is 0 Å². The molecule has 0 saturated carbocycles. The van der Waals surface area contributed by atoms with E-state index < -0.39 is 25.5 Å². The summed E-state index contributed by atoms with van der Waals surface area (Å²) in [5, 5.41) is 8.46. The van der Waals surface area contributed by atoms with Gasteiger partial charge >= 0.3 is 5.97 Å². The van der Waals surface area contributed by atoms with Crippen molar-refractivity contribution < 1.29 is 18.3 Å². The van der Waals surface area contributed by atoms with Crippen LogP contribution in [0.2, 0.25) is 10.0 Å². The number of carbonyl (C=O) groups is 1. The van der Waals surface area contributed by atoms with Gasteiger partial charge < -0.3 is 5.11 Å². The second-order valence-electron chi connectivity index (χ2n) is 2.50. The topological polar surface area (TPSA) is 71.4 Å². The molecule has 1 aromatic carbocycles. The maximum Gasteiger partial charge on any atom is 0.338 e. The van der Waals surface area contributed by atoms with Crippen molar-refractivity contribution in [1.82, 2.24) is 0 Å². The molecule has 0 spiro atoms. The van der Waals surface area contributed by atoms with Gasteiger partial charge in [0.2, 0.25) is 0 Å². The minimum Gasteiger partial charge on any atom is -0.478 e. The maximum atomic E-state index is 11.0. The van der Waals surface area contributed by atoms with Crippen LogP contribution in [0.5, 0.6) is 0 Å². The van der Waals surface area contributed by atoms with Gasteiger partial charge in [0.05, 0.1) is 15.5 Å². The summed E-state index contributed by atoms with van der Waals surface area (Å²) in [5.41, 5.74) is -0.587. The van der Waals surface area contributed by atoms with Gasteiger partial charge in [-0.3, -0.25) is 0 Å². The molecule has 0 aliphatic rings. The molecule has 0 fully saturated rings. The van der Waals surface area contributed by atoms with Crippen molar-refractivity contribution in [2.24, 2.45) is 0 Å². The number of aromatic carboxylic acids is 1. The molecule has 0 bridgehead atoms. The molecule has 0 atom stereocenters. The number of halogens is 3. The third-order valence-corrected chi connectivity index (χ3v) is 3.36. The van der Waals surface area contributed by atoms with Gasteiger partial charge in [-0.15, -0.1) is 0 Å². The van der Waals surface area contributed by atoms with Crippen LogP contribution in [0.3, 0.4) is 0 Å². The van der Waals surface area contributed by atoms with Crippen molar-refractivity contribution in [2.45, 2.75) is 4.90 Å². The average molecular weight is 290 g/mol. The first kappa shape index (κ1) is 12.6. The molecule has 4 nitrogen and oxygen atoms in total. The van der Waals surface area contributed by atoms with E-state index in [4.69, 9.17) is 39.0 Å². The van der Waals surface area contributed by atoms with Gasteiger partial charge in [-0.05, 0) is 12.1 Å². The number of benzene rings is 1. The highest BCUT2D eigenvalue weighted by atomic mass is 35.7. The van der Waals surface area contributed by atoms with Crippen LogP contribution in [0.15, 0.2) is 17.0 Å². The third-order valence-electron chi connectivity index (χ3n) is 1.50. The summed E-state index contributed by atoms with van der Waals surface area (Å²) >= 11 is 11.1. The van der Waals surface area contributed by atoms with Crippen molar-refractivity contribution in [3.8, 4) is 0 Å². The molecule has 1 N–H and O–H groups in total. The Balaban J connectivity index is 3.70. The lowest BCUT2D eigenvalue weighted by molar-refractivity contribution is 0.0693. The Hall–Kier alpha value is -0.490. The summed E-state index contributed by atoms with van der Waals surface area (Å²) in [4.78, 5) is 10.1. The second-order valence-corrected chi connectivity index (χ2v) is 5.88. The summed E-state index contributed by atoms with van der Waals surface area (Å²) < 4.78 is 22.1. The van der Waals surface area contributed by atoms with Crippen LogP contribution in [0, 0.1) is 0 Å². The summed E-state index contributed by atoms with van der Waals surface area (Å²) in [7, 11) is 0.842. The fourth-order valence-electron chi connectivity index (χ4n) is 0.950. The first-order chi connectivity index (χ1) is 6.73. The van der Waals surface area contributed by atoms with Crippen molar-refractivity contribution in [2.75, 3.05) is 0 Å². The van der Waals surface area contributed by atoms with E-state index in [9.17, 15) is 13.2 Å². The third kappa shape index (κ3) is 2.75. The van der Waals surface area contributed by atoms with Gasteiger partial charge in [-0.25, -0.2) is 13.2 Å². The van der Waals surface area contributed by atoms with Gasteiger partial charge in [0.1, 0.15) is 0 Å². The number of carboxylic acids is 1. The van der Waals surface area contributed by atoms with Crippen molar-refractivity contribution in [3.05, 3.63) is 27.7 Å². The van der Waals surface area contributed by atoms with Gasteiger partial charge in [0.25, 0.3) is 9.05 Å². The molecule has 0 heterocycles. The average Bonchev–Trinajstić information content (AvgIpc) is 1.99. The normalized spacial score (nSPS) is 11.4. The minimum atomic E-state index is -4.20. The Morgan fingerprint density at radius 2 is 1.80 bits per heavy atom. The second kappa shape index (κ2) is 4.17. The van der Waals surface area contributed by atoms with Gasteiger partial charge in [-0.1, -0.05) is 23.2 Å². The highest BCUT2D eigenvalue weighted by molar-refractivity contribution is 8.13. The van der Waals surface area contributed by atoms with E-state index in [-0.39, 0.29) is 10.0 Å². The molecule has 0 saturated heterocycles. The van der Waals surface area contributed by atoms with E-state index in [1.807, 2.05) is 0 Å². The Bertz CT molecular complexity index is 523. The van der Waals surface area contributed by atoms with E-state index in [0.29, 0.717) is 0 Å². The quantitative estimate of drug-likeness (QED) is 0.850. The van der Waals surface area contributed by atoms with Crippen LogP contribution < -0.4 is 0 Å². The van der Waals surface area contributed by atoms with Crippen molar-refractivity contribution >= 4 is 48.9 Å². The predicted molar refractivity (Wildman–Crippen MR) is 56.5 cm³/mol. The molecule has 0 radical (unpaired) electrons. The molecule has 8 heteroatoms. The Labute approximate surface area is 99.8 Å². The zero-order chi connectivity index (χ0) is 11.8. The van der Waals surface area contributed by atoms with Crippen LogP contribution in [0.1, 0.15) is 10.4 Å². The van der Waals surface area contributed by atoms with Gasteiger partial charge in [0.15, 0.2) is 0 Å². The molecule has 82 valence electrons. The Morgan fingerprint density at radius 1 is 1.27 bits per heavy atom. The van der Waals surface area contributed by atoms with Crippen molar-refractivity contribution in [1.29, 1.82) is 0 Å². The lowest BCUT2D eigenvalue weighted by Gasteiger charge is -2.05. The van der Waals surface area contributed by atoms with E-state index >= 15 is 0 Å². The molecule has 0 aliphatic heterocycles. The minimum absolute atomic E-state index is 0.00998. The zero-order valence-corrected chi connectivity index (χ0v) is 9.95. The molecule has 0 amide bonds. The number of hydrogen-bond acceptors (Lipinski definition) is 3. The molecule has 0 unspecified atom stereocenters.